The molecule has 0 bridgehead atoms. The lowest BCUT2D eigenvalue weighted by Crippen LogP contribution is -2.27. The zero-order valence-corrected chi connectivity index (χ0v) is 17.7. The monoisotopic (exact) mass is 396 g/mol. The molecule has 0 saturated heterocycles. The topological polar surface area (TPSA) is 18.5 Å². The highest BCUT2D eigenvalue weighted by Gasteiger charge is 2.25. The number of benzene rings is 4. The average Bonchev–Trinajstić information content (AvgIpc) is 2.79. The minimum absolute atomic E-state index is 0.0256. The number of para-hydroxylation sites is 1. The zero-order valence-electron chi connectivity index (χ0n) is 17.7. The fourth-order valence-corrected chi connectivity index (χ4v) is 3.67. The predicted octanol–water partition coefficient (Wildman–Crippen LogP) is 7.52. The number of hydrogen-bond acceptors (Lipinski definition) is 2. The molecule has 30 heavy (non-hydrogen) atoms. The van der Waals surface area contributed by atoms with E-state index in [0.717, 1.165) is 23.5 Å². The van der Waals surface area contributed by atoms with Crippen LogP contribution in [-0.2, 0) is 16.8 Å². The highest BCUT2D eigenvalue weighted by Crippen LogP contribution is 2.31. The molecule has 0 aliphatic heterocycles. The van der Waals surface area contributed by atoms with Crippen molar-refractivity contribution in [1.82, 2.24) is 0 Å². The molecule has 2 nitrogen and oxygen atoms in total. The molecule has 4 rings (SSSR count). The zero-order chi connectivity index (χ0) is 20.8. The smallest absolute Gasteiger partial charge is 0.127 e. The molecule has 1 atom stereocenters. The Labute approximate surface area is 179 Å². The van der Waals surface area contributed by atoms with E-state index in [1.54, 1.807) is 0 Å². The van der Waals surface area contributed by atoms with Gasteiger partial charge in [-0.25, -0.2) is 0 Å². The summed E-state index contributed by atoms with van der Waals surface area (Å²) in [5, 5.41) is 2.55. The largest absolute Gasteiger partial charge is 0.457 e. The highest BCUT2D eigenvalue weighted by molar-refractivity contribution is 5.83. The van der Waals surface area contributed by atoms with Gasteiger partial charge in [0.05, 0.1) is 13.2 Å². The second-order valence-electron chi connectivity index (χ2n) is 8.03. The number of hydrogen-bond donors (Lipinski definition) is 0. The van der Waals surface area contributed by atoms with Gasteiger partial charge >= 0.3 is 0 Å². The first-order valence-corrected chi connectivity index (χ1v) is 10.6. The van der Waals surface area contributed by atoms with E-state index in [1.807, 2.05) is 48.5 Å². The first-order chi connectivity index (χ1) is 14.7. The van der Waals surface area contributed by atoms with Gasteiger partial charge in [-0.15, -0.1) is 0 Å². The van der Waals surface area contributed by atoms with Gasteiger partial charge in [-0.1, -0.05) is 86.6 Å². The Morgan fingerprint density at radius 2 is 1.43 bits per heavy atom. The second kappa shape index (κ2) is 9.15. The van der Waals surface area contributed by atoms with Gasteiger partial charge < -0.3 is 9.47 Å². The number of ether oxygens (including phenoxy) is 2. The molecule has 0 aromatic heterocycles. The average molecular weight is 397 g/mol. The van der Waals surface area contributed by atoms with Crippen molar-refractivity contribution in [2.45, 2.75) is 32.3 Å². The minimum atomic E-state index is -0.0256. The van der Waals surface area contributed by atoms with Crippen LogP contribution in [0, 0.1) is 0 Å². The van der Waals surface area contributed by atoms with Gasteiger partial charge in [0.2, 0.25) is 0 Å². The van der Waals surface area contributed by atoms with Gasteiger partial charge in [-0.3, -0.25) is 0 Å². The molecule has 2 heteroatoms. The van der Waals surface area contributed by atoms with Crippen molar-refractivity contribution >= 4 is 10.8 Å². The molecule has 0 N–H and O–H groups in total. The predicted molar refractivity (Wildman–Crippen MR) is 124 cm³/mol. The summed E-state index contributed by atoms with van der Waals surface area (Å²) in [6, 6.07) is 33.2. The first-order valence-electron chi connectivity index (χ1n) is 10.6. The van der Waals surface area contributed by atoms with Crippen molar-refractivity contribution < 1.29 is 9.47 Å². The molecule has 0 heterocycles. The molecule has 0 aliphatic rings. The molecular formula is C28H28O2. The quantitative estimate of drug-likeness (QED) is 0.307. The summed E-state index contributed by atoms with van der Waals surface area (Å²) >= 11 is 0. The van der Waals surface area contributed by atoms with E-state index in [4.69, 9.17) is 9.47 Å². The molecule has 0 fully saturated rings. The summed E-state index contributed by atoms with van der Waals surface area (Å²) in [5.41, 5.74) is 2.41. The van der Waals surface area contributed by atoms with Crippen molar-refractivity contribution in [3.63, 3.8) is 0 Å². The van der Waals surface area contributed by atoms with Crippen LogP contribution in [0.4, 0.5) is 0 Å². The molecule has 0 saturated carbocycles. The Hall–Kier alpha value is -3.10. The lowest BCUT2D eigenvalue weighted by Gasteiger charge is -2.29. The SMILES string of the molecule is CCC(C)(COCc1cccc(Oc2ccccc2)c1)c1ccc2ccccc2c1. The van der Waals surface area contributed by atoms with Crippen LogP contribution >= 0.6 is 0 Å². The Kier molecular flexibility index (Phi) is 6.15. The van der Waals surface area contributed by atoms with E-state index in [-0.39, 0.29) is 5.41 Å². The van der Waals surface area contributed by atoms with Gasteiger partial charge in [0, 0.05) is 5.41 Å². The van der Waals surface area contributed by atoms with Gasteiger partial charge in [-0.2, -0.15) is 0 Å². The summed E-state index contributed by atoms with van der Waals surface area (Å²) in [7, 11) is 0. The van der Waals surface area contributed by atoms with Crippen molar-refractivity contribution in [2.75, 3.05) is 6.61 Å². The van der Waals surface area contributed by atoms with Crippen LogP contribution in [-0.4, -0.2) is 6.61 Å². The second-order valence-corrected chi connectivity index (χ2v) is 8.03. The van der Waals surface area contributed by atoms with Crippen LogP contribution in [0.3, 0.4) is 0 Å². The molecule has 152 valence electrons. The van der Waals surface area contributed by atoms with Crippen LogP contribution in [0.1, 0.15) is 31.4 Å². The summed E-state index contributed by atoms with van der Waals surface area (Å²) < 4.78 is 12.1. The Balaban J connectivity index is 1.42. The van der Waals surface area contributed by atoms with E-state index in [1.165, 1.54) is 16.3 Å². The number of rotatable bonds is 8. The summed E-state index contributed by atoms with van der Waals surface area (Å²) in [4.78, 5) is 0. The van der Waals surface area contributed by atoms with Crippen LogP contribution in [0.15, 0.2) is 97.1 Å². The summed E-state index contributed by atoms with van der Waals surface area (Å²) in [6.45, 7) is 5.75. The van der Waals surface area contributed by atoms with Crippen LogP contribution in [0.25, 0.3) is 10.8 Å². The molecule has 0 radical (unpaired) electrons. The maximum absolute atomic E-state index is 6.19. The maximum atomic E-state index is 6.19. The number of fused-ring (bicyclic) bond motifs is 1. The molecule has 4 aromatic rings. The van der Waals surface area contributed by atoms with Crippen molar-refractivity contribution in [3.8, 4) is 11.5 Å². The fourth-order valence-electron chi connectivity index (χ4n) is 3.67. The Morgan fingerprint density at radius 1 is 0.700 bits per heavy atom. The molecule has 4 aromatic carbocycles. The maximum Gasteiger partial charge on any atom is 0.127 e. The van der Waals surface area contributed by atoms with Crippen LogP contribution in [0.2, 0.25) is 0 Å². The molecule has 0 amide bonds. The summed E-state index contributed by atoms with van der Waals surface area (Å²) in [5.74, 6) is 1.67. The van der Waals surface area contributed by atoms with Crippen molar-refractivity contribution in [3.05, 3.63) is 108 Å². The van der Waals surface area contributed by atoms with Gasteiger partial charge in [0.25, 0.3) is 0 Å². The minimum Gasteiger partial charge on any atom is -0.457 e. The fraction of sp³-hybridized carbons (Fsp3) is 0.214. The third kappa shape index (κ3) is 4.72. The van der Waals surface area contributed by atoms with Gasteiger partial charge in [0.15, 0.2) is 0 Å². The van der Waals surface area contributed by atoms with Crippen molar-refractivity contribution in [1.29, 1.82) is 0 Å². The lowest BCUT2D eigenvalue weighted by molar-refractivity contribution is 0.0747. The van der Waals surface area contributed by atoms with Crippen LogP contribution < -0.4 is 4.74 Å². The van der Waals surface area contributed by atoms with Gasteiger partial charge in [0.1, 0.15) is 11.5 Å². The third-order valence-corrected chi connectivity index (χ3v) is 5.79. The van der Waals surface area contributed by atoms with E-state index in [2.05, 4.69) is 62.4 Å². The third-order valence-electron chi connectivity index (χ3n) is 5.79. The van der Waals surface area contributed by atoms with E-state index in [0.29, 0.717) is 13.2 Å². The normalized spacial score (nSPS) is 13.1. The van der Waals surface area contributed by atoms with E-state index >= 15 is 0 Å². The standard InChI is InChI=1S/C28H28O2/c1-3-28(2,25-17-16-23-11-7-8-12-24(23)19-25)21-29-20-22-10-9-15-27(18-22)30-26-13-5-4-6-14-26/h4-19H,3,20-21H2,1-2H3. The first kappa shape index (κ1) is 20.2. The van der Waals surface area contributed by atoms with E-state index < -0.39 is 0 Å². The highest BCUT2D eigenvalue weighted by atomic mass is 16.5. The summed E-state index contributed by atoms with van der Waals surface area (Å²) in [6.07, 6.45) is 1.02. The Morgan fingerprint density at radius 3 is 2.23 bits per heavy atom. The van der Waals surface area contributed by atoms with Gasteiger partial charge in [-0.05, 0) is 52.6 Å². The molecule has 1 unspecified atom stereocenters. The lowest BCUT2D eigenvalue weighted by atomic mass is 9.80. The Bertz CT molecular complexity index is 1100. The molecule has 0 spiro atoms. The molecule has 0 aliphatic carbocycles. The van der Waals surface area contributed by atoms with Crippen molar-refractivity contribution in [2.24, 2.45) is 0 Å². The molecular weight excluding hydrogens is 368 g/mol. The van der Waals surface area contributed by atoms with Crippen LogP contribution in [0.5, 0.6) is 11.5 Å². The van der Waals surface area contributed by atoms with E-state index in [9.17, 15) is 0 Å².